The molecule has 3 aliphatic heterocycles. The standard InChI is InChI=1S/C23H25ClF2N4O4/c24-14-3-1-2-12(8-14)19(31)22(34)30-16-4-5-17(23(25,26)10-16)18(30)21(33)29-15(11-27)9-13-6-7-28-20(13)32/h1-3,8,13,15-19,31H,4-7,9-10H2,(H,28,32)(H,29,33)/t13-,15-,16+,17+,18-,19-/m0/s1. The highest BCUT2D eigenvalue weighted by molar-refractivity contribution is 6.30. The van der Waals surface area contributed by atoms with E-state index in [2.05, 4.69) is 10.6 Å². The number of amides is 3. The van der Waals surface area contributed by atoms with Crippen molar-refractivity contribution in [3.05, 3.63) is 34.9 Å². The van der Waals surface area contributed by atoms with Crippen LogP contribution < -0.4 is 10.6 Å². The summed E-state index contributed by atoms with van der Waals surface area (Å²) in [5.41, 5.74) is 0.187. The Morgan fingerprint density at radius 2 is 2.12 bits per heavy atom. The van der Waals surface area contributed by atoms with Gasteiger partial charge in [0.05, 0.1) is 12.0 Å². The van der Waals surface area contributed by atoms with E-state index in [9.17, 15) is 33.5 Å². The quantitative estimate of drug-likeness (QED) is 0.557. The second kappa shape index (κ2) is 9.47. The summed E-state index contributed by atoms with van der Waals surface area (Å²) in [6, 6.07) is 4.35. The van der Waals surface area contributed by atoms with Crippen molar-refractivity contribution in [1.82, 2.24) is 15.5 Å². The molecule has 1 aromatic rings. The van der Waals surface area contributed by atoms with E-state index in [0.29, 0.717) is 13.0 Å². The summed E-state index contributed by atoms with van der Waals surface area (Å²) in [5.74, 6) is -7.05. The molecule has 34 heavy (non-hydrogen) atoms. The van der Waals surface area contributed by atoms with Gasteiger partial charge in [-0.1, -0.05) is 23.7 Å². The second-order valence-electron chi connectivity index (χ2n) is 9.15. The monoisotopic (exact) mass is 494 g/mol. The summed E-state index contributed by atoms with van der Waals surface area (Å²) in [5, 5.41) is 25.6. The lowest BCUT2D eigenvalue weighted by Gasteiger charge is -2.54. The predicted octanol–water partition coefficient (Wildman–Crippen LogP) is 1.92. The van der Waals surface area contributed by atoms with Crippen LogP contribution in [0.5, 0.6) is 0 Å². The van der Waals surface area contributed by atoms with Gasteiger partial charge in [0.1, 0.15) is 12.1 Å². The number of hydrogen-bond donors (Lipinski definition) is 3. The van der Waals surface area contributed by atoms with Gasteiger partial charge in [-0.05, 0) is 43.4 Å². The van der Waals surface area contributed by atoms with Crippen molar-refractivity contribution in [3.63, 3.8) is 0 Å². The summed E-state index contributed by atoms with van der Waals surface area (Å²) < 4.78 is 29.6. The number of alkyl halides is 2. The van der Waals surface area contributed by atoms with Gasteiger partial charge in [-0.2, -0.15) is 5.26 Å². The topological polar surface area (TPSA) is 123 Å². The summed E-state index contributed by atoms with van der Waals surface area (Å²) in [6.45, 7) is 0.470. The molecular weight excluding hydrogens is 470 g/mol. The fourth-order valence-electron chi connectivity index (χ4n) is 5.34. The average molecular weight is 495 g/mol. The van der Waals surface area contributed by atoms with Crippen LogP contribution in [-0.4, -0.2) is 58.3 Å². The second-order valence-corrected chi connectivity index (χ2v) is 9.59. The molecule has 1 saturated carbocycles. The molecule has 0 unspecified atom stereocenters. The lowest BCUT2D eigenvalue weighted by atomic mass is 9.71. The largest absolute Gasteiger partial charge is 0.378 e. The van der Waals surface area contributed by atoms with Crippen LogP contribution in [0.3, 0.4) is 0 Å². The van der Waals surface area contributed by atoms with E-state index >= 15 is 0 Å². The Bertz CT molecular complexity index is 1030. The maximum atomic E-state index is 14.8. The van der Waals surface area contributed by atoms with Crippen LogP contribution in [0.4, 0.5) is 8.78 Å². The molecule has 182 valence electrons. The van der Waals surface area contributed by atoms with Crippen LogP contribution in [0.2, 0.25) is 5.02 Å². The van der Waals surface area contributed by atoms with Gasteiger partial charge in [0, 0.05) is 29.9 Å². The molecule has 1 aliphatic carbocycles. The van der Waals surface area contributed by atoms with Crippen molar-refractivity contribution in [1.29, 1.82) is 5.26 Å². The Morgan fingerprint density at radius 1 is 1.35 bits per heavy atom. The lowest BCUT2D eigenvalue weighted by molar-refractivity contribution is -0.198. The number of aliphatic hydroxyl groups is 1. The zero-order chi connectivity index (χ0) is 24.6. The first-order valence-electron chi connectivity index (χ1n) is 11.2. The molecule has 3 amide bonds. The van der Waals surface area contributed by atoms with Crippen molar-refractivity contribution in [2.45, 2.75) is 62.3 Å². The summed E-state index contributed by atoms with van der Waals surface area (Å²) in [6.07, 6.45) is -1.41. The molecule has 5 rings (SSSR count). The molecular formula is C23H25ClF2N4O4. The Balaban J connectivity index is 1.58. The van der Waals surface area contributed by atoms with Gasteiger partial charge in [0.15, 0.2) is 6.10 Å². The predicted molar refractivity (Wildman–Crippen MR) is 116 cm³/mol. The van der Waals surface area contributed by atoms with E-state index in [1.54, 1.807) is 12.1 Å². The third-order valence-corrected chi connectivity index (χ3v) is 7.25. The molecule has 1 aromatic carbocycles. The minimum atomic E-state index is -3.17. The molecule has 3 N–H and O–H groups in total. The highest BCUT2D eigenvalue weighted by Gasteiger charge is 2.61. The Hall–Kier alpha value is -2.77. The number of nitrogens with one attached hydrogen (secondary N) is 2. The molecule has 11 heteroatoms. The Labute approximate surface area is 200 Å². The fourth-order valence-corrected chi connectivity index (χ4v) is 5.54. The molecule has 0 aromatic heterocycles. The average Bonchev–Trinajstić information content (AvgIpc) is 3.20. The number of fused-ring (bicyclic) bond motifs is 3. The van der Waals surface area contributed by atoms with Gasteiger partial charge in [0.25, 0.3) is 11.8 Å². The van der Waals surface area contributed by atoms with Crippen molar-refractivity contribution in [2.24, 2.45) is 11.8 Å². The molecule has 3 saturated heterocycles. The van der Waals surface area contributed by atoms with Crippen LogP contribution in [0.15, 0.2) is 24.3 Å². The van der Waals surface area contributed by atoms with Crippen LogP contribution >= 0.6 is 11.6 Å². The van der Waals surface area contributed by atoms with E-state index in [1.807, 2.05) is 6.07 Å². The molecule has 4 fully saturated rings. The van der Waals surface area contributed by atoms with Crippen LogP contribution in [-0.2, 0) is 14.4 Å². The third-order valence-electron chi connectivity index (χ3n) is 7.01. The number of nitriles is 1. The van der Waals surface area contributed by atoms with Gasteiger partial charge in [-0.3, -0.25) is 14.4 Å². The maximum absolute atomic E-state index is 14.8. The third kappa shape index (κ3) is 4.59. The van der Waals surface area contributed by atoms with Gasteiger partial charge in [-0.25, -0.2) is 8.78 Å². The zero-order valence-electron chi connectivity index (χ0n) is 18.2. The number of carbonyl (C=O) groups excluding carboxylic acids is 3. The smallest absolute Gasteiger partial charge is 0.256 e. The molecule has 0 radical (unpaired) electrons. The maximum Gasteiger partial charge on any atom is 0.256 e. The number of benzene rings is 1. The Kier molecular flexibility index (Phi) is 6.78. The van der Waals surface area contributed by atoms with Gasteiger partial charge in [-0.15, -0.1) is 0 Å². The van der Waals surface area contributed by atoms with Crippen LogP contribution in [0.25, 0.3) is 0 Å². The molecule has 3 heterocycles. The van der Waals surface area contributed by atoms with Gasteiger partial charge < -0.3 is 20.6 Å². The van der Waals surface area contributed by atoms with Crippen molar-refractivity contribution in [2.75, 3.05) is 6.54 Å². The highest BCUT2D eigenvalue weighted by Crippen LogP contribution is 2.49. The van der Waals surface area contributed by atoms with Crippen molar-refractivity contribution >= 4 is 29.3 Å². The number of nitrogens with zero attached hydrogens (tertiary/aromatic N) is 2. The summed E-state index contributed by atoms with van der Waals surface area (Å²) >= 11 is 5.95. The molecule has 0 spiro atoms. The molecule has 6 atom stereocenters. The van der Waals surface area contributed by atoms with Gasteiger partial charge in [0.2, 0.25) is 11.8 Å². The first-order valence-corrected chi connectivity index (χ1v) is 11.6. The highest BCUT2D eigenvalue weighted by atomic mass is 35.5. The first kappa shape index (κ1) is 24.4. The van der Waals surface area contributed by atoms with E-state index in [1.165, 1.54) is 12.1 Å². The first-order chi connectivity index (χ1) is 16.1. The van der Waals surface area contributed by atoms with Crippen LogP contribution in [0.1, 0.15) is 43.8 Å². The number of aliphatic hydroxyl groups excluding tert-OH is 1. The van der Waals surface area contributed by atoms with E-state index in [4.69, 9.17) is 11.6 Å². The minimum Gasteiger partial charge on any atom is -0.378 e. The van der Waals surface area contributed by atoms with Gasteiger partial charge >= 0.3 is 0 Å². The number of hydrogen-bond acceptors (Lipinski definition) is 5. The zero-order valence-corrected chi connectivity index (χ0v) is 19.0. The summed E-state index contributed by atoms with van der Waals surface area (Å²) in [4.78, 5) is 39.4. The molecule has 4 aliphatic rings. The molecule has 8 nitrogen and oxygen atoms in total. The number of piperidine rings is 2. The molecule has 2 bridgehead atoms. The van der Waals surface area contributed by atoms with Crippen molar-refractivity contribution in [3.8, 4) is 6.07 Å². The lowest BCUT2D eigenvalue weighted by Crippen LogP contribution is -2.69. The minimum absolute atomic E-state index is 0.0368. The van der Waals surface area contributed by atoms with Crippen LogP contribution in [0, 0.1) is 23.2 Å². The van der Waals surface area contributed by atoms with Crippen molar-refractivity contribution < 1.29 is 28.3 Å². The number of rotatable bonds is 6. The van der Waals surface area contributed by atoms with E-state index in [-0.39, 0.29) is 35.8 Å². The van der Waals surface area contributed by atoms with E-state index in [0.717, 1.165) is 4.90 Å². The SMILES string of the molecule is N#C[C@H](C[C@@H]1CCNC1=O)NC(=O)[C@@H]1[C@H]2CC[C@H](CC2(F)F)N1C(=O)[C@@H](O)c1cccc(Cl)c1. The normalized spacial score (nSPS) is 29.1. The number of carbonyl (C=O) groups is 3. The van der Waals surface area contributed by atoms with E-state index < -0.39 is 60.2 Å². The Morgan fingerprint density at radius 3 is 2.74 bits per heavy atom. The fraction of sp³-hybridized carbons (Fsp3) is 0.565. The summed E-state index contributed by atoms with van der Waals surface area (Å²) in [7, 11) is 0. The number of halogens is 3.